The molecule has 1 aliphatic heterocycles. The summed E-state index contributed by atoms with van der Waals surface area (Å²) in [5, 5.41) is 16.7. The highest BCUT2D eigenvalue weighted by molar-refractivity contribution is 7.91. The van der Waals surface area contributed by atoms with Gasteiger partial charge in [-0.15, -0.1) is 0 Å². The number of hydrogen-bond donors (Lipinski definition) is 2. The molecule has 8 heteroatoms. The molecule has 0 radical (unpaired) electrons. The van der Waals surface area contributed by atoms with Crippen LogP contribution < -0.4 is 5.32 Å². The number of hydrazine groups is 1. The summed E-state index contributed by atoms with van der Waals surface area (Å²) in [6, 6.07) is 8.79. The van der Waals surface area contributed by atoms with E-state index in [9.17, 15) is 13.5 Å². The molecular weight excluding hydrogens is 310 g/mol. The van der Waals surface area contributed by atoms with Gasteiger partial charge in [-0.2, -0.15) is 0 Å². The van der Waals surface area contributed by atoms with Crippen LogP contribution in [0, 0.1) is 0 Å². The Morgan fingerprint density at radius 2 is 1.90 bits per heavy atom. The lowest BCUT2D eigenvalue weighted by Crippen LogP contribution is -2.54. The van der Waals surface area contributed by atoms with Gasteiger partial charge in [0.15, 0.2) is 14.9 Å². The first kappa shape index (κ1) is 16.2. The second-order valence-corrected chi connectivity index (χ2v) is 7.74. The van der Waals surface area contributed by atoms with E-state index in [0.717, 1.165) is 5.69 Å². The summed E-state index contributed by atoms with van der Waals surface area (Å²) in [5.41, 5.74) is 0.810. The lowest BCUT2D eigenvalue weighted by Gasteiger charge is -2.37. The van der Waals surface area contributed by atoms with Crippen molar-refractivity contribution in [3.05, 3.63) is 30.3 Å². The average Bonchev–Trinajstić information content (AvgIpc) is 2.63. The molecule has 2 rings (SSSR count). The molecule has 0 unspecified atom stereocenters. The molecule has 6 nitrogen and oxygen atoms in total. The molecule has 1 saturated heterocycles. The van der Waals surface area contributed by atoms with Crippen LogP contribution in [0.2, 0.25) is 0 Å². The van der Waals surface area contributed by atoms with Crippen molar-refractivity contribution in [3.63, 3.8) is 0 Å². The van der Waals surface area contributed by atoms with Crippen molar-refractivity contribution in [2.45, 2.75) is 12.1 Å². The fourth-order valence-electron chi connectivity index (χ4n) is 2.38. The first-order valence-electron chi connectivity index (χ1n) is 6.51. The van der Waals surface area contributed by atoms with Crippen LogP contribution in [0.1, 0.15) is 0 Å². The first-order valence-corrected chi connectivity index (χ1v) is 8.74. The van der Waals surface area contributed by atoms with E-state index in [4.69, 9.17) is 12.2 Å². The van der Waals surface area contributed by atoms with Crippen LogP contribution in [-0.2, 0) is 9.84 Å². The van der Waals surface area contributed by atoms with Crippen LogP contribution in [-0.4, -0.2) is 66.4 Å². The lowest BCUT2D eigenvalue weighted by atomic mass is 10.2. The van der Waals surface area contributed by atoms with Gasteiger partial charge in [-0.3, -0.25) is 5.01 Å². The van der Waals surface area contributed by atoms with E-state index in [1.807, 2.05) is 30.3 Å². The van der Waals surface area contributed by atoms with Crippen molar-refractivity contribution >= 4 is 32.9 Å². The number of aliphatic hydroxyl groups excluding tert-OH is 1. The maximum Gasteiger partial charge on any atom is 0.188 e. The zero-order chi connectivity index (χ0) is 15.6. The molecule has 1 fully saturated rings. The van der Waals surface area contributed by atoms with Crippen LogP contribution in [0.25, 0.3) is 0 Å². The monoisotopic (exact) mass is 329 g/mol. The molecule has 1 aromatic carbocycles. The Balaban J connectivity index is 2.18. The molecule has 0 spiro atoms. The highest BCUT2D eigenvalue weighted by Gasteiger charge is 2.42. The number of anilines is 1. The Kier molecular flexibility index (Phi) is 4.82. The molecule has 0 aromatic heterocycles. The number of rotatable bonds is 3. The quantitative estimate of drug-likeness (QED) is 0.611. The molecule has 0 bridgehead atoms. The van der Waals surface area contributed by atoms with Gasteiger partial charge >= 0.3 is 0 Å². The Morgan fingerprint density at radius 3 is 2.38 bits per heavy atom. The highest BCUT2D eigenvalue weighted by atomic mass is 32.2. The number of nitrogens with one attached hydrogen (secondary N) is 1. The number of hydrogen-bond acceptors (Lipinski definition) is 5. The third-order valence-corrected chi connectivity index (χ3v) is 5.26. The molecule has 0 amide bonds. The summed E-state index contributed by atoms with van der Waals surface area (Å²) >= 11 is 5.37. The number of aliphatic hydroxyl groups is 1. The Bertz CT molecular complexity index is 604. The highest BCUT2D eigenvalue weighted by Crippen LogP contribution is 2.20. The molecule has 21 heavy (non-hydrogen) atoms. The number of sulfone groups is 1. The van der Waals surface area contributed by atoms with Gasteiger partial charge in [0.1, 0.15) is 0 Å². The fourth-order valence-corrected chi connectivity index (χ4v) is 4.55. The minimum atomic E-state index is -3.24. The second kappa shape index (κ2) is 6.27. The zero-order valence-electron chi connectivity index (χ0n) is 11.9. The summed E-state index contributed by atoms with van der Waals surface area (Å²) < 4.78 is 23.4. The number of nitrogens with zero attached hydrogens (tertiary/aromatic N) is 2. The van der Waals surface area contributed by atoms with Crippen molar-refractivity contribution in [3.8, 4) is 0 Å². The summed E-state index contributed by atoms with van der Waals surface area (Å²) in [7, 11) is 0.286. The summed E-state index contributed by atoms with van der Waals surface area (Å²) in [6.45, 7) is 0. The second-order valence-electron chi connectivity index (χ2n) is 5.20. The SMILES string of the molecule is CN(C)N(C(=S)Nc1ccccc1)[C@H]1CS(=O)(=O)C[C@H]1O. The van der Waals surface area contributed by atoms with Crippen molar-refractivity contribution in [1.82, 2.24) is 10.0 Å². The molecule has 0 aliphatic carbocycles. The number of para-hydroxylation sites is 1. The van der Waals surface area contributed by atoms with Gasteiger partial charge in [-0.25, -0.2) is 13.4 Å². The van der Waals surface area contributed by atoms with Crippen molar-refractivity contribution in [1.29, 1.82) is 0 Å². The molecule has 2 atom stereocenters. The Labute approximate surface area is 130 Å². The van der Waals surface area contributed by atoms with E-state index in [1.54, 1.807) is 24.1 Å². The predicted octanol–water partition coefficient (Wildman–Crippen LogP) is 0.320. The minimum Gasteiger partial charge on any atom is -0.390 e. The van der Waals surface area contributed by atoms with Crippen LogP contribution in [0.5, 0.6) is 0 Å². The van der Waals surface area contributed by atoms with Gasteiger partial charge in [-0.05, 0) is 24.4 Å². The molecule has 1 aromatic rings. The summed E-state index contributed by atoms with van der Waals surface area (Å²) in [4.78, 5) is 0. The van der Waals surface area contributed by atoms with E-state index >= 15 is 0 Å². The number of thiocarbonyl (C=S) groups is 1. The Morgan fingerprint density at radius 1 is 1.29 bits per heavy atom. The van der Waals surface area contributed by atoms with Crippen molar-refractivity contribution in [2.75, 3.05) is 30.9 Å². The fraction of sp³-hybridized carbons (Fsp3) is 0.462. The van der Waals surface area contributed by atoms with Crippen LogP contribution >= 0.6 is 12.2 Å². The van der Waals surface area contributed by atoms with E-state index < -0.39 is 22.0 Å². The minimum absolute atomic E-state index is 0.108. The van der Waals surface area contributed by atoms with Crippen LogP contribution in [0.4, 0.5) is 5.69 Å². The third kappa shape index (κ3) is 3.91. The van der Waals surface area contributed by atoms with E-state index in [0.29, 0.717) is 5.11 Å². The topological polar surface area (TPSA) is 72.9 Å². The molecular formula is C13H19N3O3S2. The van der Waals surface area contributed by atoms with Gasteiger partial charge in [0, 0.05) is 19.8 Å². The van der Waals surface area contributed by atoms with E-state index in [-0.39, 0.29) is 11.5 Å². The van der Waals surface area contributed by atoms with E-state index in [2.05, 4.69) is 5.32 Å². The number of benzene rings is 1. The lowest BCUT2D eigenvalue weighted by molar-refractivity contribution is 0.0165. The van der Waals surface area contributed by atoms with Crippen LogP contribution in [0.3, 0.4) is 0 Å². The normalized spacial score (nSPS) is 24.0. The van der Waals surface area contributed by atoms with Crippen LogP contribution in [0.15, 0.2) is 30.3 Å². The molecule has 1 heterocycles. The summed E-state index contributed by atoms with van der Waals surface area (Å²) in [6.07, 6.45) is -0.951. The van der Waals surface area contributed by atoms with Gasteiger partial charge in [-0.1, -0.05) is 18.2 Å². The maximum absolute atomic E-state index is 11.7. The van der Waals surface area contributed by atoms with E-state index in [1.165, 1.54) is 0 Å². The van der Waals surface area contributed by atoms with Gasteiger partial charge in [0.25, 0.3) is 0 Å². The maximum atomic E-state index is 11.7. The van der Waals surface area contributed by atoms with Gasteiger partial charge in [0.05, 0.1) is 23.7 Å². The molecule has 116 valence electrons. The average molecular weight is 329 g/mol. The molecule has 1 aliphatic rings. The summed E-state index contributed by atoms with van der Waals surface area (Å²) in [5.74, 6) is -0.334. The van der Waals surface area contributed by atoms with Gasteiger partial charge in [0.2, 0.25) is 0 Å². The predicted molar refractivity (Wildman–Crippen MR) is 86.6 cm³/mol. The standard InChI is InChI=1S/C13H19N3O3S2/c1-15(2)16(11-8-21(18,19)9-12(11)17)13(20)14-10-6-4-3-5-7-10/h3-7,11-12,17H,8-9H2,1-2H3,(H,14,20)/t11-,12+/m0/s1. The smallest absolute Gasteiger partial charge is 0.188 e. The largest absolute Gasteiger partial charge is 0.390 e. The van der Waals surface area contributed by atoms with Crippen molar-refractivity contribution < 1.29 is 13.5 Å². The molecule has 2 N–H and O–H groups in total. The van der Waals surface area contributed by atoms with Gasteiger partial charge < -0.3 is 10.4 Å². The first-order chi connectivity index (χ1) is 9.80. The van der Waals surface area contributed by atoms with Crippen molar-refractivity contribution in [2.24, 2.45) is 0 Å². The third-order valence-electron chi connectivity index (χ3n) is 3.27. The zero-order valence-corrected chi connectivity index (χ0v) is 13.6. The molecule has 0 saturated carbocycles. The Hall–Kier alpha value is -1.22.